The molecule has 6 nitrogen and oxygen atoms in total. The summed E-state index contributed by atoms with van der Waals surface area (Å²) < 4.78 is 29.0. The summed E-state index contributed by atoms with van der Waals surface area (Å²) in [6, 6.07) is 0.176. The van der Waals surface area contributed by atoms with Crippen LogP contribution in [0.3, 0.4) is 0 Å². The van der Waals surface area contributed by atoms with Crippen LogP contribution in [0.4, 0.5) is 0 Å². The predicted octanol–water partition coefficient (Wildman–Crippen LogP) is 1.42. The van der Waals surface area contributed by atoms with E-state index in [9.17, 15) is 13.5 Å². The molecular weight excluding hydrogens is 326 g/mol. The van der Waals surface area contributed by atoms with E-state index in [1.807, 2.05) is 0 Å². The summed E-state index contributed by atoms with van der Waals surface area (Å²) in [4.78, 5) is 2.29. The minimum absolute atomic E-state index is 0.176. The van der Waals surface area contributed by atoms with Gasteiger partial charge in [-0.15, -0.1) is 0 Å². The normalized spacial score (nSPS) is 27.3. The lowest BCUT2D eigenvalue weighted by Crippen LogP contribution is -2.54. The summed E-state index contributed by atoms with van der Waals surface area (Å²) in [5.74, 6) is 0. The summed E-state index contributed by atoms with van der Waals surface area (Å²) in [5.41, 5.74) is -0.440. The second-order valence-electron chi connectivity index (χ2n) is 7.88. The van der Waals surface area contributed by atoms with E-state index in [4.69, 9.17) is 0 Å². The first-order valence-corrected chi connectivity index (χ1v) is 11.0. The zero-order chi connectivity index (χ0) is 17.2. The zero-order valence-electron chi connectivity index (χ0n) is 15.0. The van der Waals surface area contributed by atoms with E-state index >= 15 is 0 Å². The molecule has 1 N–H and O–H groups in total. The monoisotopic (exact) mass is 359 g/mol. The van der Waals surface area contributed by atoms with Crippen molar-refractivity contribution in [3.8, 4) is 0 Å². The first-order valence-electron chi connectivity index (χ1n) is 9.59. The standard InChI is InChI=1S/C17H33N3O3S/c1-18(16-6-3-2-4-7-16)24(22,23)20-14-12-19(13-15-20)11-10-17(21)8-5-9-17/h16,21H,2-15H2,1H3. The Kier molecular flexibility index (Phi) is 5.87. The van der Waals surface area contributed by atoms with Gasteiger partial charge in [0.1, 0.15) is 0 Å². The maximum absolute atomic E-state index is 12.9. The van der Waals surface area contributed by atoms with Gasteiger partial charge in [-0.2, -0.15) is 17.0 Å². The molecule has 1 saturated heterocycles. The largest absolute Gasteiger partial charge is 0.390 e. The highest BCUT2D eigenvalue weighted by molar-refractivity contribution is 7.86. The molecule has 0 atom stereocenters. The van der Waals surface area contributed by atoms with E-state index in [1.165, 1.54) is 6.42 Å². The quantitative estimate of drug-likeness (QED) is 0.779. The van der Waals surface area contributed by atoms with E-state index in [0.29, 0.717) is 13.1 Å². The van der Waals surface area contributed by atoms with E-state index in [1.54, 1.807) is 15.7 Å². The van der Waals surface area contributed by atoms with Crippen molar-refractivity contribution < 1.29 is 13.5 Å². The number of hydrogen-bond acceptors (Lipinski definition) is 4. The number of hydrogen-bond donors (Lipinski definition) is 1. The third-order valence-corrected chi connectivity index (χ3v) is 8.33. The molecule has 0 aromatic rings. The minimum Gasteiger partial charge on any atom is -0.390 e. The van der Waals surface area contributed by atoms with Gasteiger partial charge in [0.25, 0.3) is 10.2 Å². The molecule has 1 heterocycles. The van der Waals surface area contributed by atoms with E-state index in [2.05, 4.69) is 4.90 Å². The van der Waals surface area contributed by atoms with Crippen molar-refractivity contribution in [3.63, 3.8) is 0 Å². The third-order valence-electron chi connectivity index (χ3n) is 6.29. The van der Waals surface area contributed by atoms with Crippen molar-refractivity contribution in [3.05, 3.63) is 0 Å². The van der Waals surface area contributed by atoms with Crippen LogP contribution in [-0.2, 0) is 10.2 Å². The molecule has 3 rings (SSSR count). The van der Waals surface area contributed by atoms with Crippen LogP contribution in [0.5, 0.6) is 0 Å². The van der Waals surface area contributed by atoms with E-state index < -0.39 is 15.8 Å². The Morgan fingerprint density at radius 3 is 2.21 bits per heavy atom. The van der Waals surface area contributed by atoms with E-state index in [0.717, 1.165) is 71.0 Å². The molecule has 140 valence electrons. The first kappa shape index (κ1) is 18.6. The third kappa shape index (κ3) is 4.12. The fraction of sp³-hybridized carbons (Fsp3) is 1.00. The summed E-state index contributed by atoms with van der Waals surface area (Å²) in [6.07, 6.45) is 9.30. The molecule has 0 aromatic carbocycles. The van der Waals surface area contributed by atoms with Gasteiger partial charge in [-0.25, -0.2) is 0 Å². The fourth-order valence-corrected chi connectivity index (χ4v) is 5.78. The highest BCUT2D eigenvalue weighted by Crippen LogP contribution is 2.34. The lowest BCUT2D eigenvalue weighted by atomic mass is 9.78. The molecule has 7 heteroatoms. The molecule has 2 saturated carbocycles. The zero-order valence-corrected chi connectivity index (χ0v) is 15.8. The Hall–Kier alpha value is -0.210. The smallest absolute Gasteiger partial charge is 0.282 e. The second kappa shape index (κ2) is 7.58. The molecule has 0 unspecified atom stereocenters. The molecule has 0 spiro atoms. The predicted molar refractivity (Wildman–Crippen MR) is 95.0 cm³/mol. The molecular formula is C17H33N3O3S. The van der Waals surface area contributed by atoms with Crippen LogP contribution >= 0.6 is 0 Å². The maximum atomic E-state index is 12.9. The average molecular weight is 360 g/mol. The molecule has 0 radical (unpaired) electrons. The average Bonchev–Trinajstić information content (AvgIpc) is 2.58. The molecule has 3 fully saturated rings. The summed E-state index contributed by atoms with van der Waals surface area (Å²) in [6.45, 7) is 3.56. The maximum Gasteiger partial charge on any atom is 0.282 e. The van der Waals surface area contributed by atoms with Crippen LogP contribution < -0.4 is 0 Å². The lowest BCUT2D eigenvalue weighted by molar-refractivity contribution is -0.0476. The lowest BCUT2D eigenvalue weighted by Gasteiger charge is -2.41. The Morgan fingerprint density at radius 1 is 1.04 bits per heavy atom. The van der Waals surface area contributed by atoms with Gasteiger partial charge in [0.05, 0.1) is 5.60 Å². The summed E-state index contributed by atoms with van der Waals surface area (Å²) in [5, 5.41) is 10.2. The van der Waals surface area contributed by atoms with Crippen molar-refractivity contribution in [1.82, 2.24) is 13.5 Å². The SMILES string of the molecule is CN(C1CCCCC1)S(=O)(=O)N1CCN(CCC2(O)CCC2)CC1. The van der Waals surface area contributed by atoms with Gasteiger partial charge in [0, 0.05) is 45.8 Å². The number of piperazine rings is 1. The Labute approximate surface area is 147 Å². The topological polar surface area (TPSA) is 64.1 Å². The summed E-state index contributed by atoms with van der Waals surface area (Å²) in [7, 11) is -1.58. The Bertz CT molecular complexity index is 507. The van der Waals surface area contributed by atoms with Gasteiger partial charge in [-0.1, -0.05) is 19.3 Å². The van der Waals surface area contributed by atoms with Crippen LogP contribution in [0.1, 0.15) is 57.8 Å². The highest BCUT2D eigenvalue weighted by atomic mass is 32.2. The highest BCUT2D eigenvalue weighted by Gasteiger charge is 2.37. The van der Waals surface area contributed by atoms with Crippen LogP contribution in [0.15, 0.2) is 0 Å². The molecule has 2 aliphatic carbocycles. The van der Waals surface area contributed by atoms with Crippen molar-refractivity contribution in [2.75, 3.05) is 39.8 Å². The van der Waals surface area contributed by atoms with Crippen molar-refractivity contribution in [1.29, 1.82) is 0 Å². The van der Waals surface area contributed by atoms with Crippen LogP contribution in [0.25, 0.3) is 0 Å². The van der Waals surface area contributed by atoms with Gasteiger partial charge in [0.15, 0.2) is 0 Å². The number of aliphatic hydroxyl groups is 1. The van der Waals surface area contributed by atoms with Crippen LogP contribution in [0, 0.1) is 0 Å². The van der Waals surface area contributed by atoms with Gasteiger partial charge in [-0.3, -0.25) is 0 Å². The second-order valence-corrected chi connectivity index (χ2v) is 9.87. The molecule has 0 bridgehead atoms. The fourth-order valence-electron chi connectivity index (χ4n) is 4.20. The molecule has 0 aromatic heterocycles. The van der Waals surface area contributed by atoms with Gasteiger partial charge in [0.2, 0.25) is 0 Å². The Balaban J connectivity index is 1.47. The van der Waals surface area contributed by atoms with Gasteiger partial charge >= 0.3 is 0 Å². The minimum atomic E-state index is -3.33. The first-order chi connectivity index (χ1) is 11.4. The van der Waals surface area contributed by atoms with Crippen LogP contribution in [0.2, 0.25) is 0 Å². The van der Waals surface area contributed by atoms with Crippen molar-refractivity contribution in [2.24, 2.45) is 0 Å². The summed E-state index contributed by atoms with van der Waals surface area (Å²) >= 11 is 0. The number of nitrogens with zero attached hydrogens (tertiary/aromatic N) is 3. The van der Waals surface area contributed by atoms with Crippen LogP contribution in [-0.4, -0.2) is 78.4 Å². The molecule has 3 aliphatic rings. The molecule has 0 amide bonds. The Morgan fingerprint density at radius 2 is 1.67 bits per heavy atom. The van der Waals surface area contributed by atoms with E-state index in [-0.39, 0.29) is 6.04 Å². The molecule has 24 heavy (non-hydrogen) atoms. The van der Waals surface area contributed by atoms with Gasteiger partial charge in [-0.05, 0) is 38.5 Å². The van der Waals surface area contributed by atoms with Crippen molar-refractivity contribution >= 4 is 10.2 Å². The number of rotatable bonds is 6. The van der Waals surface area contributed by atoms with Crippen molar-refractivity contribution in [2.45, 2.75) is 69.4 Å². The molecule has 1 aliphatic heterocycles. The van der Waals surface area contributed by atoms with Gasteiger partial charge < -0.3 is 10.0 Å².